The van der Waals surface area contributed by atoms with Gasteiger partial charge in [0.2, 0.25) is 0 Å². The molecule has 2 aromatic carbocycles. The van der Waals surface area contributed by atoms with Crippen molar-refractivity contribution in [2.24, 2.45) is 0 Å². The molecule has 0 radical (unpaired) electrons. The van der Waals surface area contributed by atoms with Gasteiger partial charge >= 0.3 is 0 Å². The number of aromatic nitrogens is 2. The molecule has 1 unspecified atom stereocenters. The number of rotatable bonds is 5. The highest BCUT2D eigenvalue weighted by Crippen LogP contribution is 2.44. The molecule has 0 aliphatic carbocycles. The molecule has 0 saturated carbocycles. The summed E-state index contributed by atoms with van der Waals surface area (Å²) in [5, 5.41) is 8.17. The van der Waals surface area contributed by atoms with E-state index in [1.807, 2.05) is 30.5 Å². The van der Waals surface area contributed by atoms with Gasteiger partial charge in [-0.25, -0.2) is 0 Å². The molecule has 1 saturated heterocycles. The zero-order valence-corrected chi connectivity index (χ0v) is 19.2. The quantitative estimate of drug-likeness (QED) is 0.612. The number of ether oxygens (including phenoxy) is 2. The molecule has 32 heavy (non-hydrogen) atoms. The first-order valence-corrected chi connectivity index (χ1v) is 11.6. The minimum Gasteiger partial charge on any atom is -0.497 e. The van der Waals surface area contributed by atoms with E-state index in [0.29, 0.717) is 12.1 Å². The standard InChI is InChI=1S/C26H32N4O2/c1-18-7-8-24-25(29(18)2)10-9-23(26(24)32-22-6-4-5-21(15-22)31-3)19-16-28-30(17-19)20-11-13-27-14-12-20/h4-6,9-10,15-18,20,27H,7-8,11-14H2,1-3H3. The highest BCUT2D eigenvalue weighted by molar-refractivity contribution is 5.78. The molecule has 6 heteroatoms. The number of hydrogen-bond acceptors (Lipinski definition) is 5. The van der Waals surface area contributed by atoms with Crippen LogP contribution in [0.25, 0.3) is 11.1 Å². The Balaban J connectivity index is 1.57. The highest BCUT2D eigenvalue weighted by atomic mass is 16.5. The Morgan fingerprint density at radius 3 is 2.69 bits per heavy atom. The smallest absolute Gasteiger partial charge is 0.140 e. The van der Waals surface area contributed by atoms with Crippen LogP contribution < -0.4 is 19.7 Å². The number of anilines is 1. The van der Waals surface area contributed by atoms with E-state index < -0.39 is 0 Å². The maximum atomic E-state index is 6.59. The lowest BCUT2D eigenvalue weighted by atomic mass is 9.93. The second kappa shape index (κ2) is 8.87. The van der Waals surface area contributed by atoms with Gasteiger partial charge in [-0.1, -0.05) is 6.07 Å². The molecule has 168 valence electrons. The fourth-order valence-corrected chi connectivity index (χ4v) is 4.85. The molecule has 0 spiro atoms. The van der Waals surface area contributed by atoms with Crippen LogP contribution in [0.4, 0.5) is 5.69 Å². The lowest BCUT2D eigenvalue weighted by Crippen LogP contribution is -2.33. The third-order valence-corrected chi connectivity index (χ3v) is 6.95. The van der Waals surface area contributed by atoms with Crippen molar-refractivity contribution in [1.29, 1.82) is 0 Å². The van der Waals surface area contributed by atoms with Gasteiger partial charge in [-0.2, -0.15) is 5.10 Å². The number of fused-ring (bicyclic) bond motifs is 1. The van der Waals surface area contributed by atoms with Gasteiger partial charge in [0.05, 0.1) is 19.3 Å². The summed E-state index contributed by atoms with van der Waals surface area (Å²) in [6.45, 7) is 4.38. The number of nitrogens with zero attached hydrogens (tertiary/aromatic N) is 3. The molecular formula is C26H32N4O2. The molecular weight excluding hydrogens is 400 g/mol. The first-order chi connectivity index (χ1) is 15.6. The first kappa shape index (κ1) is 20.9. The maximum absolute atomic E-state index is 6.59. The Morgan fingerprint density at radius 2 is 1.88 bits per heavy atom. The van der Waals surface area contributed by atoms with Gasteiger partial charge in [-0.15, -0.1) is 0 Å². The Labute approximate surface area is 190 Å². The molecule has 3 aromatic rings. The lowest BCUT2D eigenvalue weighted by Gasteiger charge is -2.35. The second-order valence-corrected chi connectivity index (χ2v) is 8.91. The fourth-order valence-electron chi connectivity index (χ4n) is 4.85. The van der Waals surface area contributed by atoms with Crippen LogP contribution in [-0.4, -0.2) is 43.1 Å². The molecule has 1 fully saturated rings. The second-order valence-electron chi connectivity index (χ2n) is 8.91. The van der Waals surface area contributed by atoms with Gasteiger partial charge in [0.1, 0.15) is 17.2 Å². The maximum Gasteiger partial charge on any atom is 0.140 e. The van der Waals surface area contributed by atoms with Gasteiger partial charge < -0.3 is 19.7 Å². The predicted octanol–water partition coefficient (Wildman–Crippen LogP) is 5.05. The van der Waals surface area contributed by atoms with E-state index in [1.54, 1.807) is 7.11 Å². The van der Waals surface area contributed by atoms with E-state index in [9.17, 15) is 0 Å². The van der Waals surface area contributed by atoms with Crippen LogP contribution in [-0.2, 0) is 6.42 Å². The van der Waals surface area contributed by atoms with Crippen molar-refractivity contribution in [1.82, 2.24) is 15.1 Å². The number of piperidine rings is 1. The van der Waals surface area contributed by atoms with Crippen molar-refractivity contribution in [3.8, 4) is 28.4 Å². The third kappa shape index (κ3) is 3.95. The lowest BCUT2D eigenvalue weighted by molar-refractivity contribution is 0.343. The van der Waals surface area contributed by atoms with Crippen LogP contribution in [0.3, 0.4) is 0 Å². The molecule has 2 aliphatic rings. The summed E-state index contributed by atoms with van der Waals surface area (Å²) in [4.78, 5) is 2.36. The summed E-state index contributed by atoms with van der Waals surface area (Å²) in [6, 6.07) is 13.2. The van der Waals surface area contributed by atoms with Crippen molar-refractivity contribution >= 4 is 5.69 Å². The average molecular weight is 433 g/mol. The molecule has 6 nitrogen and oxygen atoms in total. The Kier molecular flexibility index (Phi) is 5.79. The summed E-state index contributed by atoms with van der Waals surface area (Å²) >= 11 is 0. The van der Waals surface area contributed by atoms with Crippen LogP contribution in [0.15, 0.2) is 48.8 Å². The normalized spacial score (nSPS) is 19.0. The van der Waals surface area contributed by atoms with Crippen LogP contribution in [0.1, 0.15) is 37.8 Å². The summed E-state index contributed by atoms with van der Waals surface area (Å²) < 4.78 is 14.1. The Hall–Kier alpha value is -2.99. The molecule has 3 heterocycles. The van der Waals surface area contributed by atoms with E-state index >= 15 is 0 Å². The van der Waals surface area contributed by atoms with E-state index in [1.165, 1.54) is 11.3 Å². The van der Waals surface area contributed by atoms with Crippen LogP contribution in [0.5, 0.6) is 17.2 Å². The summed E-state index contributed by atoms with van der Waals surface area (Å²) in [6.07, 6.45) is 8.50. The van der Waals surface area contributed by atoms with Crippen molar-refractivity contribution in [2.45, 2.75) is 44.7 Å². The average Bonchev–Trinajstić information content (AvgIpc) is 3.32. The molecule has 1 atom stereocenters. The van der Waals surface area contributed by atoms with Crippen molar-refractivity contribution < 1.29 is 9.47 Å². The van der Waals surface area contributed by atoms with E-state index in [4.69, 9.17) is 14.6 Å². The van der Waals surface area contributed by atoms with Crippen molar-refractivity contribution in [3.63, 3.8) is 0 Å². The zero-order chi connectivity index (χ0) is 22.1. The van der Waals surface area contributed by atoms with Gasteiger partial charge in [-0.05, 0) is 70.0 Å². The van der Waals surface area contributed by atoms with Gasteiger partial charge in [0, 0.05) is 47.7 Å². The van der Waals surface area contributed by atoms with Crippen LogP contribution >= 0.6 is 0 Å². The number of methoxy groups -OCH3 is 1. The topological polar surface area (TPSA) is 51.6 Å². The number of hydrogen-bond donors (Lipinski definition) is 1. The van der Waals surface area contributed by atoms with Crippen molar-refractivity contribution in [3.05, 3.63) is 54.4 Å². The molecule has 1 N–H and O–H groups in total. The SMILES string of the molecule is COc1cccc(Oc2c(-c3cnn(C4CCNCC4)c3)ccc3c2CCC(C)N3C)c1. The third-order valence-electron chi connectivity index (χ3n) is 6.95. The van der Waals surface area contributed by atoms with E-state index in [-0.39, 0.29) is 0 Å². The summed E-state index contributed by atoms with van der Waals surface area (Å²) in [5.41, 5.74) is 4.71. The largest absolute Gasteiger partial charge is 0.497 e. The molecule has 1 aromatic heterocycles. The summed E-state index contributed by atoms with van der Waals surface area (Å²) in [5.74, 6) is 2.50. The van der Waals surface area contributed by atoms with Gasteiger partial charge in [0.15, 0.2) is 0 Å². The van der Waals surface area contributed by atoms with E-state index in [0.717, 1.165) is 67.1 Å². The van der Waals surface area contributed by atoms with Crippen molar-refractivity contribution in [2.75, 3.05) is 32.1 Å². The van der Waals surface area contributed by atoms with E-state index in [2.05, 4.69) is 47.2 Å². The summed E-state index contributed by atoms with van der Waals surface area (Å²) in [7, 11) is 3.85. The Morgan fingerprint density at radius 1 is 1.06 bits per heavy atom. The highest BCUT2D eigenvalue weighted by Gasteiger charge is 2.26. The number of benzene rings is 2. The minimum absolute atomic E-state index is 0.456. The molecule has 5 rings (SSSR count). The fraction of sp³-hybridized carbons (Fsp3) is 0.423. The predicted molar refractivity (Wildman–Crippen MR) is 128 cm³/mol. The van der Waals surface area contributed by atoms with Gasteiger partial charge in [0.25, 0.3) is 0 Å². The zero-order valence-electron chi connectivity index (χ0n) is 19.2. The molecule has 2 aliphatic heterocycles. The van der Waals surface area contributed by atoms with Crippen LogP contribution in [0.2, 0.25) is 0 Å². The molecule has 0 bridgehead atoms. The number of nitrogens with one attached hydrogen (secondary N) is 1. The van der Waals surface area contributed by atoms with Gasteiger partial charge in [-0.3, -0.25) is 4.68 Å². The van der Waals surface area contributed by atoms with Crippen LogP contribution in [0, 0.1) is 0 Å². The Bertz CT molecular complexity index is 1090. The first-order valence-electron chi connectivity index (χ1n) is 11.6. The monoisotopic (exact) mass is 432 g/mol. The minimum atomic E-state index is 0.456. The molecule has 0 amide bonds.